The molecule has 6 fully saturated rings. The first kappa shape index (κ1) is 27.3. The molecule has 10 rings (SSSR count). The molecule has 0 saturated heterocycles. The SMILES string of the molecule is COc1c2c(c(OC)c3ccccc13)[C@@H]1C[C@H]2[C@@H]2[C@H]1[C@@]1(C)[C@@H]3[C@@H]4C[C@H]([C@@H]3[C@@]21C)[C@@H]1[C@H]4[C@]2(Cl)C(Cl)=C(Cl)[C@@]1(Cl)C2(OC)OC. The quantitative estimate of drug-likeness (QED) is 0.143. The van der Waals surface area contributed by atoms with E-state index in [4.69, 9.17) is 65.4 Å². The van der Waals surface area contributed by atoms with Gasteiger partial charge in [0.2, 0.25) is 5.79 Å². The number of ether oxygens (including phenoxy) is 4. The summed E-state index contributed by atoms with van der Waals surface area (Å²) in [5.41, 5.74) is 3.21. The smallest absolute Gasteiger partial charge is 0.217 e. The van der Waals surface area contributed by atoms with Gasteiger partial charge >= 0.3 is 0 Å². The van der Waals surface area contributed by atoms with Gasteiger partial charge in [0.1, 0.15) is 21.2 Å². The van der Waals surface area contributed by atoms with Crippen molar-refractivity contribution in [3.05, 3.63) is 45.5 Å². The lowest BCUT2D eigenvalue weighted by Gasteiger charge is -2.85. The third-order valence-corrected chi connectivity index (χ3v) is 18.1. The van der Waals surface area contributed by atoms with Gasteiger partial charge in [0.05, 0.1) is 24.3 Å². The second-order valence-electron chi connectivity index (χ2n) is 15.2. The molecule has 2 aromatic carbocycles. The molecule has 8 heteroatoms. The third-order valence-electron chi connectivity index (χ3n) is 15.5. The Kier molecular flexibility index (Phi) is 4.84. The van der Waals surface area contributed by atoms with E-state index in [9.17, 15) is 0 Å². The number of hydrogen-bond acceptors (Lipinski definition) is 4. The normalized spacial score (nSPS) is 52.9. The minimum atomic E-state index is -1.31. The van der Waals surface area contributed by atoms with E-state index >= 15 is 0 Å². The molecule has 2 aromatic rings. The van der Waals surface area contributed by atoms with Crippen molar-refractivity contribution in [3.63, 3.8) is 0 Å². The average Bonchev–Trinajstić information content (AvgIpc) is 3.82. The van der Waals surface area contributed by atoms with Crippen LogP contribution in [-0.2, 0) is 9.47 Å². The van der Waals surface area contributed by atoms with Gasteiger partial charge in [0.25, 0.3) is 0 Å². The highest BCUT2D eigenvalue weighted by Gasteiger charge is 2.96. The standard InChI is InChI=1S/C35H36Cl4O4/c1-31-21-15-11-16(20-19(15)27(40-3)13-9-7-8-10-14(13)28(20)41-4)22(21)32(31,2)24-18-12-17(23(24)31)25-26(18)34(39)30(37)29(36)33(25,38)35(34,42-5)43-6/h7-10,15-18,21-26H,11-12H2,1-6H3/t15-,16+,17-,18+,21-,22+,23+,24-,25-,26+,31-,32+,33-,34+. The summed E-state index contributed by atoms with van der Waals surface area (Å²) in [5.74, 6) is 4.95. The zero-order chi connectivity index (χ0) is 30.0. The van der Waals surface area contributed by atoms with Crippen molar-refractivity contribution in [2.24, 2.45) is 58.2 Å². The monoisotopic (exact) mass is 660 g/mol. The molecule has 0 radical (unpaired) electrons. The Labute approximate surface area is 272 Å². The molecule has 8 aliphatic rings. The van der Waals surface area contributed by atoms with Crippen molar-refractivity contribution >= 4 is 57.2 Å². The molecule has 0 spiro atoms. The van der Waals surface area contributed by atoms with Crippen LogP contribution in [0, 0.1) is 58.2 Å². The van der Waals surface area contributed by atoms with E-state index < -0.39 is 15.5 Å². The minimum Gasteiger partial charge on any atom is -0.496 e. The lowest BCUT2D eigenvalue weighted by atomic mass is 9.19. The van der Waals surface area contributed by atoms with Gasteiger partial charge in [-0.15, -0.1) is 23.2 Å². The average molecular weight is 662 g/mol. The van der Waals surface area contributed by atoms with Gasteiger partial charge in [0.15, 0.2) is 0 Å². The molecule has 43 heavy (non-hydrogen) atoms. The van der Waals surface area contributed by atoms with E-state index in [1.165, 1.54) is 17.5 Å². The van der Waals surface area contributed by atoms with E-state index in [1.807, 2.05) is 14.2 Å². The van der Waals surface area contributed by atoms with Gasteiger partial charge in [0, 0.05) is 36.1 Å². The van der Waals surface area contributed by atoms with E-state index in [0.29, 0.717) is 57.4 Å². The number of hydrogen-bond donors (Lipinski definition) is 0. The topological polar surface area (TPSA) is 36.9 Å². The first-order chi connectivity index (χ1) is 20.5. The summed E-state index contributed by atoms with van der Waals surface area (Å²) < 4.78 is 24.8. The van der Waals surface area contributed by atoms with E-state index in [2.05, 4.69) is 38.1 Å². The summed E-state index contributed by atoms with van der Waals surface area (Å²) in [5, 5.41) is 3.13. The van der Waals surface area contributed by atoms with Crippen LogP contribution in [0.4, 0.5) is 0 Å². The third kappa shape index (κ3) is 2.15. The van der Waals surface area contributed by atoms with Crippen LogP contribution in [0.25, 0.3) is 10.8 Å². The molecule has 6 saturated carbocycles. The minimum absolute atomic E-state index is 0.0534. The molecular formula is C35H36Cl4O4. The van der Waals surface area contributed by atoms with Gasteiger partial charge < -0.3 is 18.9 Å². The maximum atomic E-state index is 7.70. The van der Waals surface area contributed by atoms with Crippen molar-refractivity contribution in [3.8, 4) is 11.5 Å². The van der Waals surface area contributed by atoms with Crippen molar-refractivity contribution in [1.29, 1.82) is 0 Å². The fourth-order valence-electron chi connectivity index (χ4n) is 14.9. The maximum Gasteiger partial charge on any atom is 0.217 e. The number of benzene rings is 2. The molecule has 0 aromatic heterocycles. The number of halogens is 4. The zero-order valence-corrected chi connectivity index (χ0v) is 28.2. The lowest BCUT2D eigenvalue weighted by Crippen LogP contribution is -2.81. The summed E-state index contributed by atoms with van der Waals surface area (Å²) in [4.78, 5) is -2.21. The molecule has 8 aliphatic carbocycles. The summed E-state index contributed by atoms with van der Waals surface area (Å²) in [6, 6.07) is 8.56. The lowest BCUT2D eigenvalue weighted by molar-refractivity contribution is -0.370. The van der Waals surface area contributed by atoms with Crippen LogP contribution >= 0.6 is 46.4 Å². The summed E-state index contributed by atoms with van der Waals surface area (Å²) in [6.45, 7) is 5.20. The van der Waals surface area contributed by atoms with Crippen LogP contribution in [0.1, 0.15) is 49.7 Å². The molecule has 0 unspecified atom stereocenters. The fraction of sp³-hybridized carbons (Fsp3) is 0.657. The predicted octanol–water partition coefficient (Wildman–Crippen LogP) is 8.49. The number of alkyl halides is 2. The maximum absolute atomic E-state index is 7.70. The first-order valence-corrected chi connectivity index (χ1v) is 17.2. The van der Waals surface area contributed by atoms with Crippen molar-refractivity contribution in [1.82, 2.24) is 0 Å². The molecule has 0 amide bonds. The number of fused-ring (bicyclic) bond motifs is 26. The van der Waals surface area contributed by atoms with Crippen molar-refractivity contribution < 1.29 is 18.9 Å². The highest BCUT2D eigenvalue weighted by molar-refractivity contribution is 6.52. The van der Waals surface area contributed by atoms with E-state index in [1.54, 1.807) is 14.2 Å². The molecule has 4 nitrogen and oxygen atoms in total. The molecule has 0 heterocycles. The summed E-state index contributed by atoms with van der Waals surface area (Å²) in [7, 11) is 6.92. The Morgan fingerprint density at radius 2 is 1.05 bits per heavy atom. The number of rotatable bonds is 4. The predicted molar refractivity (Wildman–Crippen MR) is 169 cm³/mol. The molecule has 14 atom stereocenters. The molecule has 6 bridgehead atoms. The van der Waals surface area contributed by atoms with Crippen molar-refractivity contribution in [2.45, 2.75) is 54.1 Å². The van der Waals surface area contributed by atoms with Crippen LogP contribution in [0.15, 0.2) is 34.3 Å². The van der Waals surface area contributed by atoms with Crippen LogP contribution in [0.2, 0.25) is 0 Å². The van der Waals surface area contributed by atoms with Crippen LogP contribution in [0.5, 0.6) is 11.5 Å². The molecular weight excluding hydrogens is 626 g/mol. The second kappa shape index (κ2) is 7.63. The largest absolute Gasteiger partial charge is 0.496 e. The summed E-state index contributed by atoms with van der Waals surface area (Å²) in [6.07, 6.45) is 2.30. The van der Waals surface area contributed by atoms with Gasteiger partial charge in [-0.3, -0.25) is 0 Å². The fourth-order valence-corrected chi connectivity index (χ4v) is 17.3. The van der Waals surface area contributed by atoms with E-state index in [-0.39, 0.29) is 22.7 Å². The Morgan fingerprint density at radius 1 is 0.628 bits per heavy atom. The molecule has 0 N–H and O–H groups in total. The van der Waals surface area contributed by atoms with Gasteiger partial charge in [-0.1, -0.05) is 61.3 Å². The van der Waals surface area contributed by atoms with Crippen LogP contribution < -0.4 is 9.47 Å². The van der Waals surface area contributed by atoms with Crippen molar-refractivity contribution in [2.75, 3.05) is 28.4 Å². The van der Waals surface area contributed by atoms with Crippen LogP contribution in [0.3, 0.4) is 0 Å². The van der Waals surface area contributed by atoms with Gasteiger partial charge in [-0.25, -0.2) is 0 Å². The highest BCUT2D eigenvalue weighted by Crippen LogP contribution is 2.97. The van der Waals surface area contributed by atoms with Gasteiger partial charge in [-0.2, -0.15) is 0 Å². The number of methoxy groups -OCH3 is 4. The molecule has 0 aliphatic heterocycles. The van der Waals surface area contributed by atoms with E-state index in [0.717, 1.165) is 28.7 Å². The molecule has 228 valence electrons. The first-order valence-electron chi connectivity index (χ1n) is 15.7. The van der Waals surface area contributed by atoms with Gasteiger partial charge in [-0.05, 0) is 82.9 Å². The highest BCUT2D eigenvalue weighted by atomic mass is 35.5. The Hall–Kier alpha value is -0.880. The van der Waals surface area contributed by atoms with Crippen LogP contribution in [-0.4, -0.2) is 44.0 Å². The second-order valence-corrected chi connectivity index (χ2v) is 17.2. The zero-order valence-electron chi connectivity index (χ0n) is 25.1. The Balaban J connectivity index is 1.14. The Bertz CT molecular complexity index is 1600. The summed E-state index contributed by atoms with van der Waals surface area (Å²) >= 11 is 29.5. The Morgan fingerprint density at radius 3 is 1.42 bits per heavy atom.